The topological polar surface area (TPSA) is 95.9 Å². The Morgan fingerprint density at radius 1 is 1.07 bits per heavy atom. The van der Waals surface area contributed by atoms with E-state index in [1.54, 1.807) is 13.0 Å². The third-order valence-corrected chi connectivity index (χ3v) is 4.59. The van der Waals surface area contributed by atoms with E-state index in [0.29, 0.717) is 11.3 Å². The number of amides is 1. The van der Waals surface area contributed by atoms with Crippen LogP contribution >= 0.6 is 0 Å². The van der Waals surface area contributed by atoms with Crippen LogP contribution < -0.4 is 5.32 Å². The number of carbonyl (C=O) groups excluding carboxylic acids is 2. The summed E-state index contributed by atoms with van der Waals surface area (Å²) in [7, 11) is 0. The molecule has 0 aliphatic heterocycles. The van der Waals surface area contributed by atoms with Gasteiger partial charge in [-0.3, -0.25) is 4.79 Å². The largest absolute Gasteiger partial charge is 0.504 e. The zero-order valence-corrected chi connectivity index (χ0v) is 15.9. The molecule has 0 spiro atoms. The van der Waals surface area contributed by atoms with Gasteiger partial charge in [0.1, 0.15) is 5.56 Å². The van der Waals surface area contributed by atoms with E-state index in [2.05, 4.69) is 19.2 Å². The smallest absolute Gasteiger partial charge is 0.342 e. The first kappa shape index (κ1) is 20.3. The van der Waals surface area contributed by atoms with Gasteiger partial charge in [0.15, 0.2) is 17.6 Å². The first-order chi connectivity index (χ1) is 12.8. The minimum atomic E-state index is -1.08. The molecule has 0 saturated heterocycles. The van der Waals surface area contributed by atoms with Crippen molar-refractivity contribution in [3.05, 3.63) is 53.1 Å². The molecule has 0 aromatic heterocycles. The van der Waals surface area contributed by atoms with Crippen molar-refractivity contribution in [3.8, 4) is 11.5 Å². The van der Waals surface area contributed by atoms with Crippen molar-refractivity contribution < 1.29 is 24.5 Å². The molecular weight excluding hydrogens is 346 g/mol. The number of carbonyl (C=O) groups is 2. The van der Waals surface area contributed by atoms with Crippen LogP contribution in [0.3, 0.4) is 0 Å². The van der Waals surface area contributed by atoms with E-state index in [0.717, 1.165) is 12.0 Å². The molecule has 0 aliphatic rings. The second-order valence-corrected chi connectivity index (χ2v) is 6.56. The molecule has 2 atom stereocenters. The molecule has 2 aromatic carbocycles. The number of anilines is 1. The Morgan fingerprint density at radius 3 is 2.41 bits per heavy atom. The second-order valence-electron chi connectivity index (χ2n) is 6.56. The van der Waals surface area contributed by atoms with Crippen molar-refractivity contribution in [3.63, 3.8) is 0 Å². The highest BCUT2D eigenvalue weighted by Gasteiger charge is 2.23. The lowest BCUT2D eigenvalue weighted by Crippen LogP contribution is -2.30. The number of aromatic hydroxyl groups is 2. The van der Waals surface area contributed by atoms with Gasteiger partial charge in [0.2, 0.25) is 0 Å². The Labute approximate surface area is 158 Å². The summed E-state index contributed by atoms with van der Waals surface area (Å²) in [5.74, 6) is -2.04. The second kappa shape index (κ2) is 8.58. The zero-order valence-electron chi connectivity index (χ0n) is 15.9. The van der Waals surface area contributed by atoms with Gasteiger partial charge in [-0.05, 0) is 49.4 Å². The fourth-order valence-electron chi connectivity index (χ4n) is 2.62. The molecular formula is C21H25NO5. The molecule has 2 unspecified atom stereocenters. The van der Waals surface area contributed by atoms with E-state index in [1.165, 1.54) is 19.1 Å². The van der Waals surface area contributed by atoms with Gasteiger partial charge in [-0.25, -0.2) is 4.79 Å². The number of phenolic OH excluding ortho intramolecular Hbond substituents is 2. The maximum Gasteiger partial charge on any atom is 0.342 e. The lowest BCUT2D eigenvalue weighted by molar-refractivity contribution is -0.123. The van der Waals surface area contributed by atoms with Crippen molar-refractivity contribution in [1.29, 1.82) is 0 Å². The summed E-state index contributed by atoms with van der Waals surface area (Å²) >= 11 is 0. The van der Waals surface area contributed by atoms with Gasteiger partial charge in [-0.2, -0.15) is 0 Å². The number of hydrogen-bond acceptors (Lipinski definition) is 5. The van der Waals surface area contributed by atoms with Gasteiger partial charge in [0, 0.05) is 5.69 Å². The van der Waals surface area contributed by atoms with Crippen LogP contribution in [0.5, 0.6) is 11.5 Å². The number of rotatable bonds is 6. The predicted molar refractivity (Wildman–Crippen MR) is 103 cm³/mol. The lowest BCUT2D eigenvalue weighted by Gasteiger charge is -2.18. The van der Waals surface area contributed by atoms with Crippen LogP contribution in [0.25, 0.3) is 0 Å². The Kier molecular flexibility index (Phi) is 6.45. The van der Waals surface area contributed by atoms with Crippen molar-refractivity contribution in [1.82, 2.24) is 0 Å². The summed E-state index contributed by atoms with van der Waals surface area (Å²) in [6.07, 6.45) is -0.154. The Morgan fingerprint density at radius 2 is 1.74 bits per heavy atom. The van der Waals surface area contributed by atoms with E-state index in [-0.39, 0.29) is 17.2 Å². The molecule has 3 N–H and O–H groups in total. The van der Waals surface area contributed by atoms with Crippen LogP contribution in [-0.2, 0) is 9.53 Å². The van der Waals surface area contributed by atoms with E-state index in [1.807, 2.05) is 18.2 Å². The molecule has 144 valence electrons. The Bertz CT molecular complexity index is 846. The first-order valence-electron chi connectivity index (χ1n) is 8.88. The standard InChI is InChI=1S/C21H25NO5/c1-5-12(2)15-8-6-7-9-17(15)22-20(25)14(4)27-21(26)16-11-10-13(3)18(23)19(16)24/h6-12,14,23-24H,5H2,1-4H3,(H,22,25). The first-order valence-corrected chi connectivity index (χ1v) is 8.88. The number of aryl methyl sites for hydroxylation is 1. The van der Waals surface area contributed by atoms with E-state index >= 15 is 0 Å². The zero-order chi connectivity index (χ0) is 20.1. The van der Waals surface area contributed by atoms with Crippen molar-refractivity contribution in [2.24, 2.45) is 0 Å². The van der Waals surface area contributed by atoms with Gasteiger partial charge in [-0.1, -0.05) is 38.1 Å². The minimum Gasteiger partial charge on any atom is -0.504 e. The van der Waals surface area contributed by atoms with Crippen LogP contribution in [0, 0.1) is 6.92 Å². The lowest BCUT2D eigenvalue weighted by atomic mass is 9.97. The number of hydrogen-bond donors (Lipinski definition) is 3. The summed E-state index contributed by atoms with van der Waals surface area (Å²) in [5, 5.41) is 22.4. The maximum absolute atomic E-state index is 12.4. The number of nitrogens with one attached hydrogen (secondary N) is 1. The normalized spacial score (nSPS) is 12.9. The molecule has 1 amide bonds. The van der Waals surface area contributed by atoms with Crippen LogP contribution in [0.2, 0.25) is 0 Å². The fourth-order valence-corrected chi connectivity index (χ4v) is 2.62. The van der Waals surface area contributed by atoms with Gasteiger partial charge in [0.05, 0.1) is 0 Å². The molecule has 2 aromatic rings. The highest BCUT2D eigenvalue weighted by atomic mass is 16.5. The van der Waals surface area contributed by atoms with Crippen molar-refractivity contribution in [2.45, 2.75) is 46.1 Å². The molecule has 27 heavy (non-hydrogen) atoms. The van der Waals surface area contributed by atoms with Gasteiger partial charge in [-0.15, -0.1) is 0 Å². The number of esters is 1. The monoisotopic (exact) mass is 371 g/mol. The molecule has 0 radical (unpaired) electrons. The average molecular weight is 371 g/mol. The van der Waals surface area contributed by atoms with Gasteiger partial charge in [0.25, 0.3) is 5.91 Å². The summed E-state index contributed by atoms with van der Waals surface area (Å²) in [4.78, 5) is 24.7. The molecule has 2 rings (SSSR count). The van der Waals surface area contributed by atoms with Gasteiger partial charge >= 0.3 is 5.97 Å². The third kappa shape index (κ3) is 4.58. The third-order valence-electron chi connectivity index (χ3n) is 4.59. The SMILES string of the molecule is CCC(C)c1ccccc1NC(=O)C(C)OC(=O)c1ccc(C)c(O)c1O. The van der Waals surface area contributed by atoms with E-state index in [9.17, 15) is 19.8 Å². The van der Waals surface area contributed by atoms with Crippen LogP contribution in [0.4, 0.5) is 5.69 Å². The molecule has 0 fully saturated rings. The summed E-state index contributed by atoms with van der Waals surface area (Å²) in [5.41, 5.74) is 1.91. The van der Waals surface area contributed by atoms with Crippen LogP contribution in [-0.4, -0.2) is 28.2 Å². The maximum atomic E-state index is 12.4. The summed E-state index contributed by atoms with van der Waals surface area (Å²) < 4.78 is 5.15. The molecule has 6 nitrogen and oxygen atoms in total. The Balaban J connectivity index is 2.11. The molecule has 0 bridgehead atoms. The van der Waals surface area contributed by atoms with E-state index < -0.39 is 23.7 Å². The number of phenols is 2. The van der Waals surface area contributed by atoms with Crippen molar-refractivity contribution in [2.75, 3.05) is 5.32 Å². The quantitative estimate of drug-likeness (QED) is 0.525. The van der Waals surface area contributed by atoms with E-state index in [4.69, 9.17) is 4.74 Å². The minimum absolute atomic E-state index is 0.197. The molecule has 6 heteroatoms. The number of ether oxygens (including phenoxy) is 1. The predicted octanol–water partition coefficient (Wildman–Crippen LogP) is 4.10. The summed E-state index contributed by atoms with van der Waals surface area (Å²) in [6, 6.07) is 10.3. The van der Waals surface area contributed by atoms with Crippen molar-refractivity contribution >= 4 is 17.6 Å². The molecule has 0 saturated carbocycles. The van der Waals surface area contributed by atoms with Gasteiger partial charge < -0.3 is 20.3 Å². The molecule has 0 aliphatic carbocycles. The summed E-state index contributed by atoms with van der Waals surface area (Å²) in [6.45, 7) is 7.18. The number of benzene rings is 2. The van der Waals surface area contributed by atoms with Crippen LogP contribution in [0.15, 0.2) is 36.4 Å². The average Bonchev–Trinajstić information content (AvgIpc) is 2.65. The Hall–Kier alpha value is -3.02. The highest BCUT2D eigenvalue weighted by Crippen LogP contribution is 2.32. The molecule has 0 heterocycles. The fraction of sp³-hybridized carbons (Fsp3) is 0.333. The van der Waals surface area contributed by atoms with Crippen LogP contribution in [0.1, 0.15) is 54.6 Å². The number of para-hydroxylation sites is 1. The highest BCUT2D eigenvalue weighted by molar-refractivity contribution is 5.99.